The standard InChI is InChI=1S/C15H17BrN2O2/c1-10-3-4-11(19)17-12(10)13(20)18(16)15(17)8-7-14(9-15)5-2-6-14/h3-4H,2,5-9H2,1H3. The summed E-state index contributed by atoms with van der Waals surface area (Å²) in [7, 11) is 0. The number of carbonyl (C=O) groups excluding carboxylic acids is 1. The summed E-state index contributed by atoms with van der Waals surface area (Å²) in [4.78, 5) is 25.0. The van der Waals surface area contributed by atoms with Crippen LogP contribution in [0.4, 0.5) is 0 Å². The SMILES string of the molecule is Cc1ccc(=O)n2c1C(=O)N(Br)C21CCC2(CCC2)C1. The molecule has 3 aliphatic rings. The zero-order chi connectivity index (χ0) is 14.1. The van der Waals surface area contributed by atoms with Gasteiger partial charge >= 0.3 is 0 Å². The molecule has 1 unspecified atom stereocenters. The lowest BCUT2D eigenvalue weighted by atomic mass is 9.67. The van der Waals surface area contributed by atoms with Gasteiger partial charge in [-0.3, -0.25) is 14.2 Å². The maximum atomic E-state index is 12.6. The average molecular weight is 337 g/mol. The molecule has 0 radical (unpaired) electrons. The van der Waals surface area contributed by atoms with Crippen LogP contribution in [0.25, 0.3) is 0 Å². The number of hydrogen-bond donors (Lipinski definition) is 0. The van der Waals surface area contributed by atoms with E-state index >= 15 is 0 Å². The van der Waals surface area contributed by atoms with Gasteiger partial charge in [-0.05, 0) is 50.0 Å². The van der Waals surface area contributed by atoms with Crippen molar-refractivity contribution in [2.24, 2.45) is 5.41 Å². The van der Waals surface area contributed by atoms with Crippen molar-refractivity contribution in [2.45, 2.75) is 51.1 Å². The van der Waals surface area contributed by atoms with Crippen LogP contribution in [0.5, 0.6) is 0 Å². The zero-order valence-corrected chi connectivity index (χ0v) is 13.1. The van der Waals surface area contributed by atoms with E-state index in [2.05, 4.69) is 16.1 Å². The number of halogens is 1. The topological polar surface area (TPSA) is 42.3 Å². The van der Waals surface area contributed by atoms with Crippen LogP contribution in [0.1, 0.15) is 54.6 Å². The number of hydrogen-bond acceptors (Lipinski definition) is 2. The fourth-order valence-corrected chi connectivity index (χ4v) is 5.02. The van der Waals surface area contributed by atoms with Crippen molar-refractivity contribution in [1.82, 2.24) is 8.49 Å². The summed E-state index contributed by atoms with van der Waals surface area (Å²) in [5, 5.41) is 0. The molecule has 2 fully saturated rings. The third-order valence-corrected chi connectivity index (χ3v) is 6.57. The number of aromatic nitrogens is 1. The highest BCUT2D eigenvalue weighted by atomic mass is 79.9. The molecule has 2 saturated carbocycles. The molecule has 5 heteroatoms. The van der Waals surface area contributed by atoms with Crippen LogP contribution in [0.2, 0.25) is 0 Å². The van der Waals surface area contributed by atoms with Gasteiger partial charge in [-0.25, -0.2) is 3.93 Å². The summed E-state index contributed by atoms with van der Waals surface area (Å²) in [5.41, 5.74) is 1.26. The van der Waals surface area contributed by atoms with E-state index in [4.69, 9.17) is 0 Å². The summed E-state index contributed by atoms with van der Waals surface area (Å²) in [6.45, 7) is 1.90. The molecule has 4 nitrogen and oxygen atoms in total. The van der Waals surface area contributed by atoms with E-state index in [1.807, 2.05) is 6.92 Å². The van der Waals surface area contributed by atoms with Gasteiger partial charge in [-0.1, -0.05) is 12.5 Å². The Morgan fingerprint density at radius 2 is 1.90 bits per heavy atom. The molecule has 0 bridgehead atoms. The third-order valence-electron chi connectivity index (χ3n) is 5.58. The molecule has 4 rings (SSSR count). The fraction of sp³-hybridized carbons (Fsp3) is 0.600. The van der Waals surface area contributed by atoms with E-state index in [1.54, 1.807) is 20.6 Å². The molecule has 1 aromatic rings. The lowest BCUT2D eigenvalue weighted by Gasteiger charge is -2.41. The van der Waals surface area contributed by atoms with Gasteiger partial charge in [0.1, 0.15) is 11.4 Å². The summed E-state index contributed by atoms with van der Waals surface area (Å²) < 4.78 is 3.41. The molecule has 20 heavy (non-hydrogen) atoms. The Hall–Kier alpha value is -1.10. The van der Waals surface area contributed by atoms with Crippen molar-refractivity contribution in [2.75, 3.05) is 0 Å². The zero-order valence-electron chi connectivity index (χ0n) is 11.5. The molecule has 0 saturated heterocycles. The van der Waals surface area contributed by atoms with E-state index in [0.717, 1.165) is 24.8 Å². The average Bonchev–Trinajstić information content (AvgIpc) is 2.89. The van der Waals surface area contributed by atoms with Crippen molar-refractivity contribution in [3.63, 3.8) is 0 Å². The highest BCUT2D eigenvalue weighted by molar-refractivity contribution is 9.07. The molecule has 2 heterocycles. The van der Waals surface area contributed by atoms with Gasteiger partial charge in [0.05, 0.1) is 16.1 Å². The summed E-state index contributed by atoms with van der Waals surface area (Å²) in [6.07, 6.45) is 6.65. The number of pyridine rings is 1. The number of carbonyl (C=O) groups is 1. The van der Waals surface area contributed by atoms with Crippen molar-refractivity contribution in [3.05, 3.63) is 33.7 Å². The van der Waals surface area contributed by atoms with Gasteiger partial charge in [0.25, 0.3) is 11.5 Å². The molecule has 2 spiro atoms. The largest absolute Gasteiger partial charge is 0.282 e. The van der Waals surface area contributed by atoms with Crippen molar-refractivity contribution < 1.29 is 4.79 Å². The van der Waals surface area contributed by atoms with Crippen LogP contribution >= 0.6 is 16.1 Å². The van der Waals surface area contributed by atoms with Crippen molar-refractivity contribution >= 4 is 22.1 Å². The first-order valence-corrected chi connectivity index (χ1v) is 7.94. The lowest BCUT2D eigenvalue weighted by molar-refractivity contribution is 0.0632. The quantitative estimate of drug-likeness (QED) is 0.683. The van der Waals surface area contributed by atoms with Gasteiger partial charge in [-0.2, -0.15) is 0 Å². The number of nitrogens with zero attached hydrogens (tertiary/aromatic N) is 2. The Labute approximate surface area is 126 Å². The smallest absolute Gasteiger partial charge is 0.278 e. The first-order valence-electron chi connectivity index (χ1n) is 7.23. The van der Waals surface area contributed by atoms with Gasteiger partial charge < -0.3 is 0 Å². The normalized spacial score (nSPS) is 30.1. The van der Waals surface area contributed by atoms with Crippen molar-refractivity contribution in [1.29, 1.82) is 0 Å². The summed E-state index contributed by atoms with van der Waals surface area (Å²) in [5.74, 6) is -0.0726. The summed E-state index contributed by atoms with van der Waals surface area (Å²) in [6, 6.07) is 3.34. The molecule has 0 aromatic carbocycles. The van der Waals surface area contributed by atoms with Gasteiger partial charge in [-0.15, -0.1) is 0 Å². The second-order valence-electron chi connectivity index (χ2n) is 6.64. The number of amides is 1. The Morgan fingerprint density at radius 3 is 2.50 bits per heavy atom. The predicted octanol–water partition coefficient (Wildman–Crippen LogP) is 2.93. The predicted molar refractivity (Wildman–Crippen MR) is 78.6 cm³/mol. The number of fused-ring (bicyclic) bond motifs is 2. The molecule has 2 aliphatic carbocycles. The molecule has 1 aromatic heterocycles. The number of aryl methyl sites for hydroxylation is 1. The van der Waals surface area contributed by atoms with E-state index in [0.29, 0.717) is 11.1 Å². The van der Waals surface area contributed by atoms with Gasteiger partial charge in [0.2, 0.25) is 0 Å². The first kappa shape index (κ1) is 12.6. The van der Waals surface area contributed by atoms with Crippen LogP contribution in [-0.2, 0) is 5.66 Å². The lowest BCUT2D eigenvalue weighted by Crippen LogP contribution is -2.45. The van der Waals surface area contributed by atoms with Crippen LogP contribution in [-0.4, -0.2) is 14.4 Å². The molecular weight excluding hydrogens is 320 g/mol. The molecule has 0 N–H and O–H groups in total. The molecule has 1 atom stereocenters. The monoisotopic (exact) mass is 336 g/mol. The fourth-order valence-electron chi connectivity index (χ4n) is 4.39. The van der Waals surface area contributed by atoms with E-state index in [9.17, 15) is 9.59 Å². The maximum Gasteiger partial charge on any atom is 0.282 e. The van der Waals surface area contributed by atoms with E-state index in [-0.39, 0.29) is 11.5 Å². The van der Waals surface area contributed by atoms with E-state index in [1.165, 1.54) is 19.3 Å². The molecular formula is C15H17BrN2O2. The Bertz CT molecular complexity index is 677. The second kappa shape index (κ2) is 3.75. The van der Waals surface area contributed by atoms with Crippen LogP contribution in [0, 0.1) is 12.3 Å². The van der Waals surface area contributed by atoms with Crippen LogP contribution in [0.3, 0.4) is 0 Å². The van der Waals surface area contributed by atoms with Gasteiger partial charge in [0, 0.05) is 6.07 Å². The minimum Gasteiger partial charge on any atom is -0.278 e. The minimum atomic E-state index is -0.476. The highest BCUT2D eigenvalue weighted by Crippen LogP contribution is 2.61. The molecule has 1 aliphatic heterocycles. The summed E-state index contributed by atoms with van der Waals surface area (Å²) >= 11 is 3.47. The van der Waals surface area contributed by atoms with Crippen LogP contribution < -0.4 is 5.56 Å². The van der Waals surface area contributed by atoms with Gasteiger partial charge in [0.15, 0.2) is 0 Å². The highest BCUT2D eigenvalue weighted by Gasteiger charge is 2.59. The first-order chi connectivity index (χ1) is 9.49. The van der Waals surface area contributed by atoms with E-state index < -0.39 is 5.66 Å². The second-order valence-corrected chi connectivity index (χ2v) is 7.35. The minimum absolute atomic E-state index is 0.0581. The molecule has 1 amide bonds. The Morgan fingerprint density at radius 1 is 1.15 bits per heavy atom. The molecule has 106 valence electrons. The number of rotatable bonds is 0. The Kier molecular flexibility index (Phi) is 2.37. The third kappa shape index (κ3) is 1.32. The Balaban J connectivity index is 1.94. The maximum absolute atomic E-state index is 12.6. The van der Waals surface area contributed by atoms with Crippen LogP contribution in [0.15, 0.2) is 16.9 Å². The van der Waals surface area contributed by atoms with Crippen molar-refractivity contribution in [3.8, 4) is 0 Å².